The fourth-order valence-electron chi connectivity index (χ4n) is 2.86. The Balaban J connectivity index is 2.05. The van der Waals surface area contributed by atoms with Crippen molar-refractivity contribution in [3.05, 3.63) is 45.6 Å². The number of carbonyl (C=O) groups excluding carboxylic acids is 1. The van der Waals surface area contributed by atoms with Gasteiger partial charge < -0.3 is 10.1 Å². The van der Waals surface area contributed by atoms with Crippen molar-refractivity contribution in [3.8, 4) is 0 Å². The molecule has 0 spiro atoms. The molecule has 0 aliphatic carbocycles. The molecular weight excluding hydrogens is 428 g/mol. The smallest absolute Gasteiger partial charge is 0.338 e. The first-order valence-corrected chi connectivity index (χ1v) is 10.7. The van der Waals surface area contributed by atoms with Crippen molar-refractivity contribution in [1.82, 2.24) is 14.8 Å². The van der Waals surface area contributed by atoms with E-state index in [-0.39, 0.29) is 12.0 Å². The van der Waals surface area contributed by atoms with Crippen LogP contribution in [0.15, 0.2) is 45.2 Å². The molecule has 1 aliphatic rings. The summed E-state index contributed by atoms with van der Waals surface area (Å²) in [7, 11) is 0. The molecule has 2 aromatic rings. The second-order valence-corrected chi connectivity index (χ2v) is 8.61. The zero-order valence-corrected chi connectivity index (χ0v) is 18.2. The SMILES string of the molecule is CCOC(=O)C1=C(C)Nc2nc(SCC(C)C)nn2[C@@H]1c1ccc(Br)cc1. The molecule has 8 heteroatoms. The number of allylic oxidation sites excluding steroid dienone is 1. The van der Waals surface area contributed by atoms with Gasteiger partial charge in [0.2, 0.25) is 11.1 Å². The van der Waals surface area contributed by atoms with Crippen molar-refractivity contribution in [1.29, 1.82) is 0 Å². The van der Waals surface area contributed by atoms with Gasteiger partial charge in [0.05, 0.1) is 12.2 Å². The predicted molar refractivity (Wildman–Crippen MR) is 111 cm³/mol. The average Bonchev–Trinajstić information content (AvgIpc) is 3.02. The van der Waals surface area contributed by atoms with Crippen LogP contribution in [0.5, 0.6) is 0 Å². The number of fused-ring (bicyclic) bond motifs is 1. The van der Waals surface area contributed by atoms with Crippen LogP contribution in [-0.2, 0) is 9.53 Å². The van der Waals surface area contributed by atoms with Gasteiger partial charge in [0.25, 0.3) is 0 Å². The molecule has 1 aromatic carbocycles. The van der Waals surface area contributed by atoms with Gasteiger partial charge in [0.1, 0.15) is 6.04 Å². The van der Waals surface area contributed by atoms with E-state index in [4.69, 9.17) is 4.74 Å². The van der Waals surface area contributed by atoms with Crippen molar-refractivity contribution < 1.29 is 9.53 Å². The van der Waals surface area contributed by atoms with Crippen molar-refractivity contribution >= 4 is 39.6 Å². The largest absolute Gasteiger partial charge is 0.463 e. The van der Waals surface area contributed by atoms with E-state index in [0.717, 1.165) is 21.5 Å². The van der Waals surface area contributed by atoms with Gasteiger partial charge >= 0.3 is 5.97 Å². The van der Waals surface area contributed by atoms with Crippen LogP contribution >= 0.6 is 27.7 Å². The number of halogens is 1. The number of anilines is 1. The first kappa shape index (κ1) is 19.9. The molecule has 0 fully saturated rings. The number of carbonyl (C=O) groups is 1. The summed E-state index contributed by atoms with van der Waals surface area (Å²) < 4.78 is 8.08. The summed E-state index contributed by atoms with van der Waals surface area (Å²) in [6.45, 7) is 8.33. The van der Waals surface area contributed by atoms with Crippen molar-refractivity contribution in [2.45, 2.75) is 38.9 Å². The number of aromatic nitrogens is 3. The van der Waals surface area contributed by atoms with E-state index in [0.29, 0.717) is 29.2 Å². The quantitative estimate of drug-likeness (QED) is 0.510. The van der Waals surface area contributed by atoms with Crippen LogP contribution in [0.1, 0.15) is 39.3 Å². The normalized spacial score (nSPS) is 16.3. The zero-order valence-electron chi connectivity index (χ0n) is 15.8. The third kappa shape index (κ3) is 4.38. The summed E-state index contributed by atoms with van der Waals surface area (Å²) in [5.74, 6) is 1.78. The van der Waals surface area contributed by atoms with Crippen LogP contribution in [-0.4, -0.2) is 33.1 Å². The average molecular weight is 451 g/mol. The lowest BCUT2D eigenvalue weighted by molar-refractivity contribution is -0.139. The molecular formula is C19H23BrN4O2S. The minimum absolute atomic E-state index is 0.322. The molecule has 0 amide bonds. The Morgan fingerprint density at radius 1 is 1.37 bits per heavy atom. The van der Waals surface area contributed by atoms with Crippen LogP contribution in [0, 0.1) is 5.92 Å². The number of rotatable bonds is 6. The third-order valence-corrected chi connectivity index (χ3v) is 5.85. The minimum Gasteiger partial charge on any atom is -0.463 e. The van der Waals surface area contributed by atoms with Crippen LogP contribution in [0.4, 0.5) is 5.95 Å². The van der Waals surface area contributed by atoms with Gasteiger partial charge in [-0.05, 0) is 37.5 Å². The van der Waals surface area contributed by atoms with E-state index < -0.39 is 0 Å². The lowest BCUT2D eigenvalue weighted by Crippen LogP contribution is -2.29. The molecule has 144 valence electrons. The maximum atomic E-state index is 12.7. The molecule has 27 heavy (non-hydrogen) atoms. The van der Waals surface area contributed by atoms with Gasteiger partial charge in [-0.2, -0.15) is 4.98 Å². The highest BCUT2D eigenvalue weighted by molar-refractivity contribution is 9.10. The minimum atomic E-state index is -0.380. The van der Waals surface area contributed by atoms with Crippen LogP contribution in [0.2, 0.25) is 0 Å². The topological polar surface area (TPSA) is 69.0 Å². The maximum absolute atomic E-state index is 12.7. The molecule has 0 unspecified atom stereocenters. The molecule has 1 aliphatic heterocycles. The van der Waals surface area contributed by atoms with E-state index >= 15 is 0 Å². The van der Waals surface area contributed by atoms with Gasteiger partial charge in [-0.25, -0.2) is 9.48 Å². The number of hydrogen-bond acceptors (Lipinski definition) is 6. The zero-order chi connectivity index (χ0) is 19.6. The van der Waals surface area contributed by atoms with Gasteiger partial charge in [-0.15, -0.1) is 5.10 Å². The van der Waals surface area contributed by atoms with Crippen LogP contribution in [0.3, 0.4) is 0 Å². The third-order valence-electron chi connectivity index (χ3n) is 4.06. The highest BCUT2D eigenvalue weighted by Gasteiger charge is 2.35. The van der Waals surface area contributed by atoms with E-state index in [1.165, 1.54) is 0 Å². The van der Waals surface area contributed by atoms with Gasteiger partial charge in [-0.1, -0.05) is 53.7 Å². The number of thioether (sulfide) groups is 1. The Hall–Kier alpha value is -1.80. The highest BCUT2D eigenvalue weighted by atomic mass is 79.9. The second kappa shape index (κ2) is 8.48. The Morgan fingerprint density at radius 3 is 2.70 bits per heavy atom. The van der Waals surface area contributed by atoms with E-state index in [9.17, 15) is 4.79 Å². The number of hydrogen-bond donors (Lipinski definition) is 1. The molecule has 3 rings (SSSR count). The summed E-state index contributed by atoms with van der Waals surface area (Å²) in [5.41, 5.74) is 2.24. The number of nitrogens with zero attached hydrogens (tertiary/aromatic N) is 3. The Morgan fingerprint density at radius 2 is 2.07 bits per heavy atom. The fourth-order valence-corrected chi connectivity index (χ4v) is 3.90. The monoisotopic (exact) mass is 450 g/mol. The Labute approximate surface area is 171 Å². The van der Waals surface area contributed by atoms with Crippen molar-refractivity contribution in [2.75, 3.05) is 17.7 Å². The summed E-state index contributed by atoms with van der Waals surface area (Å²) in [6, 6.07) is 7.51. The van der Waals surface area contributed by atoms with Crippen LogP contribution < -0.4 is 5.32 Å². The predicted octanol–water partition coefficient (Wildman–Crippen LogP) is 4.64. The van der Waals surface area contributed by atoms with E-state index in [2.05, 4.69) is 45.2 Å². The summed E-state index contributed by atoms with van der Waals surface area (Å²) in [5, 5.41) is 8.60. The summed E-state index contributed by atoms with van der Waals surface area (Å²) >= 11 is 5.08. The Kier molecular flexibility index (Phi) is 6.26. The molecule has 0 bridgehead atoms. The van der Waals surface area contributed by atoms with Gasteiger partial charge in [-0.3, -0.25) is 0 Å². The number of ether oxygens (including phenoxy) is 1. The standard InChI is InChI=1S/C19H23BrN4O2S/c1-5-26-17(25)15-12(4)21-18-22-19(27-10-11(2)3)23-24(18)16(15)13-6-8-14(20)9-7-13/h6-9,11,16H,5,10H2,1-4H3,(H,21,22,23)/t16-/m1/s1. The lowest BCUT2D eigenvalue weighted by Gasteiger charge is -2.28. The molecule has 1 aromatic heterocycles. The number of esters is 1. The molecule has 1 atom stereocenters. The second-order valence-electron chi connectivity index (χ2n) is 6.71. The van der Waals surface area contributed by atoms with Crippen LogP contribution in [0.25, 0.3) is 0 Å². The Bertz CT molecular complexity index is 861. The molecule has 2 heterocycles. The van der Waals surface area contributed by atoms with E-state index in [1.54, 1.807) is 23.4 Å². The van der Waals surface area contributed by atoms with Crippen molar-refractivity contribution in [3.63, 3.8) is 0 Å². The maximum Gasteiger partial charge on any atom is 0.338 e. The molecule has 0 saturated carbocycles. The first-order valence-electron chi connectivity index (χ1n) is 8.90. The number of benzene rings is 1. The first-order chi connectivity index (χ1) is 12.9. The van der Waals surface area contributed by atoms with Gasteiger partial charge in [0.15, 0.2) is 0 Å². The lowest BCUT2D eigenvalue weighted by atomic mass is 9.96. The number of nitrogens with one attached hydrogen (secondary N) is 1. The highest BCUT2D eigenvalue weighted by Crippen LogP contribution is 2.37. The summed E-state index contributed by atoms with van der Waals surface area (Å²) in [4.78, 5) is 17.3. The molecule has 0 radical (unpaired) electrons. The molecule has 0 saturated heterocycles. The van der Waals surface area contributed by atoms with E-state index in [1.807, 2.05) is 31.2 Å². The fraction of sp³-hybridized carbons (Fsp3) is 0.421. The summed E-state index contributed by atoms with van der Waals surface area (Å²) in [6.07, 6.45) is 0. The molecule has 1 N–H and O–H groups in total. The van der Waals surface area contributed by atoms with Crippen molar-refractivity contribution in [2.24, 2.45) is 5.92 Å². The molecule has 6 nitrogen and oxygen atoms in total. The van der Waals surface area contributed by atoms with Gasteiger partial charge in [0, 0.05) is 15.9 Å².